The SMILES string of the molecule is CCC(CCO)CNS(=O)(=O)CCSc1ccc(N)cc1. The van der Waals surface area contributed by atoms with Crippen molar-refractivity contribution in [1.29, 1.82) is 0 Å². The average molecular weight is 332 g/mol. The molecule has 5 nitrogen and oxygen atoms in total. The van der Waals surface area contributed by atoms with E-state index in [2.05, 4.69) is 4.72 Å². The van der Waals surface area contributed by atoms with Crippen molar-refractivity contribution in [2.75, 3.05) is 30.4 Å². The van der Waals surface area contributed by atoms with Gasteiger partial charge >= 0.3 is 0 Å². The maximum Gasteiger partial charge on any atom is 0.212 e. The van der Waals surface area contributed by atoms with E-state index in [9.17, 15) is 8.42 Å². The molecule has 0 radical (unpaired) electrons. The van der Waals surface area contributed by atoms with Gasteiger partial charge in [-0.25, -0.2) is 13.1 Å². The molecule has 0 amide bonds. The highest BCUT2D eigenvalue weighted by atomic mass is 32.2. The first-order chi connectivity index (χ1) is 9.96. The van der Waals surface area contributed by atoms with Crippen molar-refractivity contribution in [3.05, 3.63) is 24.3 Å². The minimum atomic E-state index is -3.26. The van der Waals surface area contributed by atoms with Crippen LogP contribution in [0.4, 0.5) is 5.69 Å². The Morgan fingerprint density at radius 1 is 1.33 bits per heavy atom. The van der Waals surface area contributed by atoms with Crippen molar-refractivity contribution in [3.8, 4) is 0 Å². The van der Waals surface area contributed by atoms with Crippen LogP contribution in [0.5, 0.6) is 0 Å². The van der Waals surface area contributed by atoms with Crippen molar-refractivity contribution in [3.63, 3.8) is 0 Å². The van der Waals surface area contributed by atoms with E-state index in [1.165, 1.54) is 11.8 Å². The van der Waals surface area contributed by atoms with Gasteiger partial charge < -0.3 is 10.8 Å². The molecular weight excluding hydrogens is 308 g/mol. The lowest BCUT2D eigenvalue weighted by atomic mass is 10.0. The van der Waals surface area contributed by atoms with E-state index in [1.807, 2.05) is 19.1 Å². The number of benzene rings is 1. The number of thioether (sulfide) groups is 1. The standard InChI is InChI=1S/C14H24N2O3S2/c1-2-12(7-8-17)11-16-21(18,19)10-9-20-14-5-3-13(15)4-6-14/h3-6,12,16-17H,2,7-11,15H2,1H3. The van der Waals surface area contributed by atoms with Gasteiger partial charge in [-0.05, 0) is 36.6 Å². The molecule has 0 saturated carbocycles. The molecule has 0 spiro atoms. The Morgan fingerprint density at radius 3 is 2.57 bits per heavy atom. The summed E-state index contributed by atoms with van der Waals surface area (Å²) < 4.78 is 26.4. The van der Waals surface area contributed by atoms with Crippen molar-refractivity contribution in [2.45, 2.75) is 24.7 Å². The minimum absolute atomic E-state index is 0.0810. The first-order valence-corrected chi connectivity index (χ1v) is 9.67. The quantitative estimate of drug-likeness (QED) is 0.448. The number of hydrogen-bond donors (Lipinski definition) is 3. The van der Waals surface area contributed by atoms with Crippen LogP contribution in [0, 0.1) is 5.92 Å². The third-order valence-electron chi connectivity index (χ3n) is 3.21. The summed E-state index contributed by atoms with van der Waals surface area (Å²) >= 11 is 1.49. The molecule has 0 aliphatic carbocycles. The van der Waals surface area contributed by atoms with E-state index in [-0.39, 0.29) is 18.3 Å². The monoisotopic (exact) mass is 332 g/mol. The summed E-state index contributed by atoms with van der Waals surface area (Å²) in [5.74, 6) is 0.766. The van der Waals surface area contributed by atoms with Crippen LogP contribution in [0.2, 0.25) is 0 Å². The highest BCUT2D eigenvalue weighted by molar-refractivity contribution is 8.00. The molecule has 120 valence electrons. The summed E-state index contributed by atoms with van der Waals surface area (Å²) in [5.41, 5.74) is 6.29. The molecule has 21 heavy (non-hydrogen) atoms. The number of nitrogen functional groups attached to an aromatic ring is 1. The summed E-state index contributed by atoms with van der Waals surface area (Å²) in [4.78, 5) is 1.01. The highest BCUT2D eigenvalue weighted by Crippen LogP contribution is 2.19. The van der Waals surface area contributed by atoms with Crippen LogP contribution >= 0.6 is 11.8 Å². The van der Waals surface area contributed by atoms with Crippen molar-refractivity contribution >= 4 is 27.5 Å². The molecule has 4 N–H and O–H groups in total. The van der Waals surface area contributed by atoms with Crippen LogP contribution in [-0.2, 0) is 10.0 Å². The molecule has 0 aromatic heterocycles. The molecule has 7 heteroatoms. The molecule has 0 bridgehead atoms. The number of anilines is 1. The Kier molecular flexibility index (Phi) is 8.10. The van der Waals surface area contributed by atoms with Gasteiger partial charge in [0.05, 0.1) is 5.75 Å². The molecule has 0 aliphatic heterocycles. The largest absolute Gasteiger partial charge is 0.399 e. The predicted octanol–water partition coefficient (Wildman–Crippen LogP) is 1.69. The van der Waals surface area contributed by atoms with Gasteiger partial charge in [-0.2, -0.15) is 0 Å². The molecule has 0 fully saturated rings. The molecule has 0 heterocycles. The molecule has 1 unspecified atom stereocenters. The predicted molar refractivity (Wildman–Crippen MR) is 88.9 cm³/mol. The van der Waals surface area contributed by atoms with E-state index in [4.69, 9.17) is 10.8 Å². The number of nitrogens with one attached hydrogen (secondary N) is 1. The van der Waals surface area contributed by atoms with Gasteiger partial charge in [-0.3, -0.25) is 0 Å². The fourth-order valence-electron chi connectivity index (χ4n) is 1.78. The van der Waals surface area contributed by atoms with Crippen LogP contribution in [0.3, 0.4) is 0 Å². The van der Waals surface area contributed by atoms with E-state index in [0.717, 1.165) is 11.3 Å². The lowest BCUT2D eigenvalue weighted by Crippen LogP contribution is -2.32. The Labute approximate surface area is 131 Å². The Bertz CT molecular complexity index is 503. The van der Waals surface area contributed by atoms with Crippen LogP contribution in [-0.4, -0.2) is 38.2 Å². The summed E-state index contributed by atoms with van der Waals surface area (Å²) in [7, 11) is -3.26. The normalized spacial score (nSPS) is 13.2. The maximum atomic E-state index is 11.9. The second kappa shape index (κ2) is 9.30. The summed E-state index contributed by atoms with van der Waals surface area (Å²) in [5, 5.41) is 8.89. The Morgan fingerprint density at radius 2 is 2.00 bits per heavy atom. The molecule has 0 aliphatic rings. The average Bonchev–Trinajstić information content (AvgIpc) is 2.45. The van der Waals surface area contributed by atoms with Gasteiger partial charge in [0.2, 0.25) is 10.0 Å². The molecule has 1 aromatic rings. The van der Waals surface area contributed by atoms with Crippen LogP contribution < -0.4 is 10.5 Å². The van der Waals surface area contributed by atoms with Crippen molar-refractivity contribution in [1.82, 2.24) is 4.72 Å². The van der Waals surface area contributed by atoms with Gasteiger partial charge in [-0.1, -0.05) is 13.3 Å². The second-order valence-electron chi connectivity index (χ2n) is 4.87. The fraction of sp³-hybridized carbons (Fsp3) is 0.571. The maximum absolute atomic E-state index is 11.9. The van der Waals surface area contributed by atoms with Crippen molar-refractivity contribution < 1.29 is 13.5 Å². The molecule has 0 saturated heterocycles. The van der Waals surface area contributed by atoms with Gasteiger partial charge in [0.1, 0.15) is 0 Å². The van der Waals surface area contributed by atoms with E-state index in [1.54, 1.807) is 12.1 Å². The zero-order valence-electron chi connectivity index (χ0n) is 12.3. The minimum Gasteiger partial charge on any atom is -0.399 e. The molecule has 1 rings (SSSR count). The molecular formula is C14H24N2O3S2. The number of aliphatic hydroxyl groups is 1. The first-order valence-electron chi connectivity index (χ1n) is 7.03. The third-order valence-corrected chi connectivity index (χ3v) is 5.83. The first kappa shape index (κ1) is 18.3. The zero-order valence-corrected chi connectivity index (χ0v) is 13.9. The lowest BCUT2D eigenvalue weighted by molar-refractivity contribution is 0.254. The summed E-state index contributed by atoms with van der Waals surface area (Å²) in [6.45, 7) is 2.48. The van der Waals surface area contributed by atoms with Gasteiger partial charge in [-0.15, -0.1) is 11.8 Å². The third kappa shape index (κ3) is 7.71. The van der Waals surface area contributed by atoms with Gasteiger partial charge in [0.15, 0.2) is 0 Å². The number of rotatable bonds is 10. The number of nitrogens with two attached hydrogens (primary N) is 1. The second-order valence-corrected chi connectivity index (χ2v) is 7.97. The fourth-order valence-corrected chi connectivity index (χ4v) is 4.19. The smallest absolute Gasteiger partial charge is 0.212 e. The lowest BCUT2D eigenvalue weighted by Gasteiger charge is -2.14. The van der Waals surface area contributed by atoms with Gasteiger partial charge in [0, 0.05) is 29.5 Å². The summed E-state index contributed by atoms with van der Waals surface area (Å²) in [6.07, 6.45) is 1.47. The van der Waals surface area contributed by atoms with E-state index < -0.39 is 10.0 Å². The zero-order chi connectivity index (χ0) is 15.7. The highest BCUT2D eigenvalue weighted by Gasteiger charge is 2.13. The van der Waals surface area contributed by atoms with Crippen LogP contribution in [0.25, 0.3) is 0 Å². The topological polar surface area (TPSA) is 92.4 Å². The van der Waals surface area contributed by atoms with E-state index in [0.29, 0.717) is 24.4 Å². The molecule has 1 atom stereocenters. The number of sulfonamides is 1. The number of aliphatic hydroxyl groups excluding tert-OH is 1. The number of hydrogen-bond acceptors (Lipinski definition) is 5. The Balaban J connectivity index is 2.33. The Hall–Kier alpha value is -0.760. The summed E-state index contributed by atoms with van der Waals surface area (Å²) in [6, 6.07) is 7.37. The molecule has 1 aromatic carbocycles. The van der Waals surface area contributed by atoms with Gasteiger partial charge in [0.25, 0.3) is 0 Å². The van der Waals surface area contributed by atoms with Crippen LogP contribution in [0.1, 0.15) is 19.8 Å². The van der Waals surface area contributed by atoms with Crippen LogP contribution in [0.15, 0.2) is 29.2 Å². The van der Waals surface area contributed by atoms with E-state index >= 15 is 0 Å². The van der Waals surface area contributed by atoms with Crippen molar-refractivity contribution in [2.24, 2.45) is 5.92 Å².